The van der Waals surface area contributed by atoms with E-state index in [-0.39, 0.29) is 0 Å². The number of rotatable bonds is 17. The molecule has 0 aliphatic carbocycles. The van der Waals surface area contributed by atoms with Gasteiger partial charge in [-0.3, -0.25) is 0 Å². The zero-order valence-electron chi connectivity index (χ0n) is 15.6. The van der Waals surface area contributed by atoms with Crippen LogP contribution < -0.4 is 0 Å². The Bertz CT molecular complexity index is 206. The van der Waals surface area contributed by atoms with Crippen molar-refractivity contribution in [2.45, 2.75) is 122 Å². The number of hydrogen-bond donors (Lipinski definition) is 0. The molecule has 2 atom stereocenters. The lowest BCUT2D eigenvalue weighted by Crippen LogP contribution is -2.18. The third-order valence-corrected chi connectivity index (χ3v) is 6.02. The van der Waals surface area contributed by atoms with Gasteiger partial charge in [-0.15, -0.1) is 0 Å². The molecule has 0 aromatic heterocycles. The van der Waals surface area contributed by atoms with Gasteiger partial charge in [0.25, 0.3) is 0 Å². The third-order valence-electron chi connectivity index (χ3n) is 4.45. The Labute approximate surface area is 145 Å². The summed E-state index contributed by atoms with van der Waals surface area (Å²) in [4.78, 5) is 0. The summed E-state index contributed by atoms with van der Waals surface area (Å²) in [5, 5.41) is 12.1. The van der Waals surface area contributed by atoms with Crippen molar-refractivity contribution in [1.29, 1.82) is 0 Å². The van der Waals surface area contributed by atoms with Gasteiger partial charge < -0.3 is 0 Å². The van der Waals surface area contributed by atoms with Crippen molar-refractivity contribution in [3.05, 3.63) is 0 Å². The lowest BCUT2D eigenvalue weighted by Gasteiger charge is -2.18. The Morgan fingerprint density at radius 3 is 1.64 bits per heavy atom. The normalized spacial score (nSPS) is 14.2. The molecule has 2 unspecified atom stereocenters. The molecular weight excluding hydrogens is 288 g/mol. The van der Waals surface area contributed by atoms with Crippen LogP contribution >= 0.6 is 11.8 Å². The lowest BCUT2D eigenvalue weighted by atomic mass is 10.1. The molecule has 133 valence electrons. The summed E-state index contributed by atoms with van der Waals surface area (Å²) in [6, 6.07) is 0. The molecular formula is C20H41OS. The van der Waals surface area contributed by atoms with Gasteiger partial charge in [-0.2, -0.15) is 11.8 Å². The molecule has 22 heavy (non-hydrogen) atoms. The number of hydrogen-bond acceptors (Lipinski definition) is 1. The maximum Gasteiger partial charge on any atom is 0.102 e. The zero-order chi connectivity index (χ0) is 16.5. The first-order valence-electron chi connectivity index (χ1n) is 9.99. The van der Waals surface area contributed by atoms with E-state index in [0.29, 0.717) is 5.25 Å². The molecule has 1 radical (unpaired) electrons. The zero-order valence-corrected chi connectivity index (χ0v) is 16.4. The molecule has 0 amide bonds. The smallest absolute Gasteiger partial charge is 0.102 e. The molecule has 0 rings (SSSR count). The number of thioether (sulfide) groups is 1. The fourth-order valence-corrected chi connectivity index (χ4v) is 4.15. The topological polar surface area (TPSA) is 19.9 Å². The van der Waals surface area contributed by atoms with E-state index in [1.165, 1.54) is 89.2 Å². The molecule has 2 heteroatoms. The van der Waals surface area contributed by atoms with E-state index in [4.69, 9.17) is 0 Å². The van der Waals surface area contributed by atoms with E-state index < -0.39 is 6.10 Å². The van der Waals surface area contributed by atoms with Crippen LogP contribution in [0.25, 0.3) is 0 Å². The molecule has 0 heterocycles. The number of unbranched alkanes of at least 4 members (excludes halogenated alkanes) is 11. The van der Waals surface area contributed by atoms with Gasteiger partial charge in [-0.25, -0.2) is 5.11 Å². The molecule has 0 bridgehead atoms. The Hall–Kier alpha value is 0.310. The molecule has 0 aromatic rings. The van der Waals surface area contributed by atoms with Crippen molar-refractivity contribution < 1.29 is 5.11 Å². The minimum Gasteiger partial charge on any atom is -0.232 e. The Kier molecular flexibility index (Phi) is 17.9. The monoisotopic (exact) mass is 329 g/mol. The van der Waals surface area contributed by atoms with E-state index in [1.807, 2.05) is 18.7 Å². The maximum absolute atomic E-state index is 11.8. The van der Waals surface area contributed by atoms with Crippen molar-refractivity contribution in [3.63, 3.8) is 0 Å². The Morgan fingerprint density at radius 1 is 0.682 bits per heavy atom. The van der Waals surface area contributed by atoms with Crippen LogP contribution in [0.3, 0.4) is 0 Å². The molecule has 0 aliphatic heterocycles. The van der Waals surface area contributed by atoms with Gasteiger partial charge in [0.15, 0.2) is 0 Å². The second-order valence-electron chi connectivity index (χ2n) is 6.79. The standard InChI is InChI=1S/C20H41OS/c1-4-6-8-10-11-12-13-14-16-18-22-20(19(3)21)17-15-9-7-5-2/h19-20H,4-18H2,1-3H3. The van der Waals surface area contributed by atoms with Crippen molar-refractivity contribution in [2.75, 3.05) is 5.75 Å². The minimum atomic E-state index is -0.398. The maximum atomic E-state index is 11.8. The minimum absolute atomic E-state index is 0.353. The van der Waals surface area contributed by atoms with Gasteiger partial charge in [0.05, 0.1) is 0 Å². The van der Waals surface area contributed by atoms with Crippen molar-refractivity contribution >= 4 is 11.8 Å². The van der Waals surface area contributed by atoms with Crippen LogP contribution in [0.1, 0.15) is 111 Å². The highest BCUT2D eigenvalue weighted by Gasteiger charge is 2.15. The highest BCUT2D eigenvalue weighted by Crippen LogP contribution is 2.23. The Balaban J connectivity index is 3.40. The second kappa shape index (κ2) is 17.7. The van der Waals surface area contributed by atoms with Gasteiger partial charge in [-0.1, -0.05) is 90.9 Å². The highest BCUT2D eigenvalue weighted by atomic mass is 32.2. The van der Waals surface area contributed by atoms with Gasteiger partial charge in [0.1, 0.15) is 6.10 Å². The van der Waals surface area contributed by atoms with Gasteiger partial charge in [0, 0.05) is 5.25 Å². The molecule has 0 saturated heterocycles. The van der Waals surface area contributed by atoms with E-state index in [2.05, 4.69) is 13.8 Å². The summed E-state index contributed by atoms with van der Waals surface area (Å²) < 4.78 is 0. The summed E-state index contributed by atoms with van der Waals surface area (Å²) >= 11 is 1.95. The summed E-state index contributed by atoms with van der Waals surface area (Å²) in [6.07, 6.45) is 18.4. The fourth-order valence-electron chi connectivity index (χ4n) is 2.87. The largest absolute Gasteiger partial charge is 0.232 e. The average molecular weight is 330 g/mol. The highest BCUT2D eigenvalue weighted by molar-refractivity contribution is 7.99. The van der Waals surface area contributed by atoms with Crippen molar-refractivity contribution in [1.82, 2.24) is 0 Å². The molecule has 0 fully saturated rings. The summed E-state index contributed by atoms with van der Waals surface area (Å²) in [7, 11) is 0. The molecule has 0 saturated carbocycles. The van der Waals surface area contributed by atoms with Crippen LogP contribution in [0, 0.1) is 0 Å². The predicted molar refractivity (Wildman–Crippen MR) is 102 cm³/mol. The quantitative estimate of drug-likeness (QED) is 0.254. The van der Waals surface area contributed by atoms with Crippen LogP contribution in [0.5, 0.6) is 0 Å². The van der Waals surface area contributed by atoms with Crippen LogP contribution in [0.2, 0.25) is 0 Å². The molecule has 0 aromatic carbocycles. The molecule has 0 aliphatic rings. The van der Waals surface area contributed by atoms with Gasteiger partial charge in [0.2, 0.25) is 0 Å². The Morgan fingerprint density at radius 2 is 1.14 bits per heavy atom. The van der Waals surface area contributed by atoms with Crippen LogP contribution in [0.15, 0.2) is 0 Å². The van der Waals surface area contributed by atoms with E-state index in [9.17, 15) is 5.11 Å². The first kappa shape index (κ1) is 22.3. The van der Waals surface area contributed by atoms with Crippen LogP contribution in [-0.2, 0) is 5.11 Å². The van der Waals surface area contributed by atoms with E-state index >= 15 is 0 Å². The van der Waals surface area contributed by atoms with Crippen LogP contribution in [-0.4, -0.2) is 17.1 Å². The SMILES string of the molecule is CCCCCCCCCCCSC(CCCCCC)C(C)[O]. The summed E-state index contributed by atoms with van der Waals surface area (Å²) in [5.41, 5.74) is 0. The fraction of sp³-hybridized carbons (Fsp3) is 1.00. The van der Waals surface area contributed by atoms with Gasteiger partial charge >= 0.3 is 0 Å². The predicted octanol–water partition coefficient (Wildman–Crippen LogP) is 7.41. The van der Waals surface area contributed by atoms with E-state index in [1.54, 1.807) is 0 Å². The van der Waals surface area contributed by atoms with Crippen molar-refractivity contribution in [2.24, 2.45) is 0 Å². The van der Waals surface area contributed by atoms with Crippen molar-refractivity contribution in [3.8, 4) is 0 Å². The second-order valence-corrected chi connectivity index (χ2v) is 8.14. The van der Waals surface area contributed by atoms with Crippen LogP contribution in [0.4, 0.5) is 0 Å². The molecule has 0 N–H and O–H groups in total. The first-order chi connectivity index (χ1) is 10.7. The summed E-state index contributed by atoms with van der Waals surface area (Å²) in [5.74, 6) is 1.20. The van der Waals surface area contributed by atoms with Gasteiger partial charge in [-0.05, 0) is 25.5 Å². The van der Waals surface area contributed by atoms with E-state index in [0.717, 1.165) is 6.42 Å². The summed E-state index contributed by atoms with van der Waals surface area (Å²) in [6.45, 7) is 6.37. The lowest BCUT2D eigenvalue weighted by molar-refractivity contribution is 0.100. The third kappa shape index (κ3) is 15.2. The first-order valence-corrected chi connectivity index (χ1v) is 11.0. The molecule has 1 nitrogen and oxygen atoms in total. The molecule has 0 spiro atoms. The average Bonchev–Trinajstić information content (AvgIpc) is 2.50.